The Hall–Kier alpha value is -0.400. The summed E-state index contributed by atoms with van der Waals surface area (Å²) in [7, 11) is 0. The summed E-state index contributed by atoms with van der Waals surface area (Å²) in [6.45, 7) is 2.58. The van der Waals surface area contributed by atoms with Crippen LogP contribution in [0, 0.1) is 5.92 Å². The van der Waals surface area contributed by atoms with Gasteiger partial charge in [-0.25, -0.2) is 0 Å². The van der Waals surface area contributed by atoms with Crippen LogP contribution in [-0.4, -0.2) is 106 Å². The fourth-order valence-electron chi connectivity index (χ4n) is 3.07. The zero-order chi connectivity index (χ0) is 18.7. The molecule has 2 aliphatic rings. The van der Waals surface area contributed by atoms with Crippen LogP contribution >= 0.6 is 0 Å². The number of hydrogen-bond donors (Lipinski definition) is 6. The molecule has 0 saturated carbocycles. The number of ether oxygens (including phenoxy) is 4. The van der Waals surface area contributed by atoms with Crippen LogP contribution in [0.4, 0.5) is 0 Å². The molecule has 2 saturated heterocycles. The van der Waals surface area contributed by atoms with E-state index < -0.39 is 74.4 Å². The second-order valence-electron chi connectivity index (χ2n) is 6.33. The van der Waals surface area contributed by atoms with Crippen LogP contribution in [0.2, 0.25) is 0 Å². The molecule has 25 heavy (non-hydrogen) atoms. The highest BCUT2D eigenvalue weighted by Crippen LogP contribution is 2.31. The third-order valence-corrected chi connectivity index (χ3v) is 4.69. The van der Waals surface area contributed by atoms with E-state index in [-0.39, 0.29) is 6.61 Å². The van der Waals surface area contributed by atoms with Gasteiger partial charge in [-0.3, -0.25) is 0 Å². The summed E-state index contributed by atoms with van der Waals surface area (Å²) in [5.74, 6) is -0.533. The maximum Gasteiger partial charge on any atom is 0.187 e. The third-order valence-electron chi connectivity index (χ3n) is 4.69. The molecule has 10 nitrogen and oxygen atoms in total. The van der Waals surface area contributed by atoms with Gasteiger partial charge in [0.1, 0.15) is 30.5 Å². The predicted octanol–water partition coefficient (Wildman–Crippen LogP) is -3.08. The Morgan fingerprint density at radius 3 is 1.92 bits per heavy atom. The van der Waals surface area contributed by atoms with Gasteiger partial charge in [-0.2, -0.15) is 0 Å². The molecule has 2 aliphatic heterocycles. The first-order valence-electron chi connectivity index (χ1n) is 8.37. The summed E-state index contributed by atoms with van der Waals surface area (Å²) < 4.78 is 21.5. The Labute approximate surface area is 145 Å². The van der Waals surface area contributed by atoms with Gasteiger partial charge in [-0.05, 0) is 6.92 Å². The molecule has 0 amide bonds. The smallest absolute Gasteiger partial charge is 0.187 e. The lowest BCUT2D eigenvalue weighted by Crippen LogP contribution is -2.63. The summed E-state index contributed by atoms with van der Waals surface area (Å²) in [6, 6.07) is 0. The molecule has 0 aromatic heterocycles. The Balaban J connectivity index is 2.11. The molecule has 148 valence electrons. The highest BCUT2D eigenvalue weighted by Gasteiger charge is 2.50. The fourth-order valence-corrected chi connectivity index (χ4v) is 3.07. The molecule has 0 aromatic carbocycles. The van der Waals surface area contributed by atoms with E-state index in [1.807, 2.05) is 0 Å². The quantitative estimate of drug-likeness (QED) is 0.284. The highest BCUT2D eigenvalue weighted by molar-refractivity contribution is 4.93. The lowest BCUT2D eigenvalue weighted by atomic mass is 9.91. The molecule has 2 rings (SSSR count). The lowest BCUT2D eigenvalue weighted by Gasteiger charge is -2.46. The molecule has 0 aromatic rings. The molecule has 6 N–H and O–H groups in total. The van der Waals surface area contributed by atoms with Crippen molar-refractivity contribution in [2.75, 3.05) is 19.8 Å². The van der Waals surface area contributed by atoms with Crippen molar-refractivity contribution in [1.29, 1.82) is 0 Å². The van der Waals surface area contributed by atoms with Crippen LogP contribution < -0.4 is 0 Å². The Kier molecular flexibility index (Phi) is 7.52. The standard InChI is InChI=1S/C15H28O10/c1-3-22-14-12(21)10(19)13(8(5-17)24-14)25-15-11(20)9(18)6(2)7(4-16)23-15/h6-21H,3-5H2,1-2H3/t6-,7?,8?,9?,10?,11?,12?,13-,14-,15+/m1/s1. The number of aliphatic hydroxyl groups is 6. The molecule has 2 fully saturated rings. The Bertz CT molecular complexity index is 406. The summed E-state index contributed by atoms with van der Waals surface area (Å²) in [5.41, 5.74) is 0. The molecule has 0 radical (unpaired) electrons. The average molecular weight is 368 g/mol. The normalized spacial score (nSPS) is 48.5. The molecule has 2 heterocycles. The first-order valence-corrected chi connectivity index (χ1v) is 8.37. The Morgan fingerprint density at radius 2 is 1.36 bits per heavy atom. The zero-order valence-corrected chi connectivity index (χ0v) is 14.2. The van der Waals surface area contributed by atoms with E-state index in [1.165, 1.54) is 0 Å². The van der Waals surface area contributed by atoms with Crippen molar-refractivity contribution in [3.63, 3.8) is 0 Å². The van der Waals surface area contributed by atoms with E-state index in [9.17, 15) is 30.6 Å². The van der Waals surface area contributed by atoms with Crippen LogP contribution in [0.1, 0.15) is 13.8 Å². The summed E-state index contributed by atoms with van der Waals surface area (Å²) in [5, 5.41) is 59.4. The minimum absolute atomic E-state index is 0.227. The van der Waals surface area contributed by atoms with Crippen molar-refractivity contribution in [3.05, 3.63) is 0 Å². The first-order chi connectivity index (χ1) is 11.8. The number of rotatable bonds is 6. The van der Waals surface area contributed by atoms with Crippen LogP contribution in [0.25, 0.3) is 0 Å². The van der Waals surface area contributed by atoms with Gasteiger partial charge < -0.3 is 49.6 Å². The third kappa shape index (κ3) is 4.30. The second kappa shape index (κ2) is 9.00. The van der Waals surface area contributed by atoms with Gasteiger partial charge in [-0.1, -0.05) is 6.92 Å². The predicted molar refractivity (Wildman–Crippen MR) is 81.2 cm³/mol. The van der Waals surface area contributed by atoms with Crippen molar-refractivity contribution < 1.29 is 49.6 Å². The van der Waals surface area contributed by atoms with E-state index in [4.69, 9.17) is 18.9 Å². The number of aliphatic hydroxyl groups excluding tert-OH is 6. The molecule has 0 spiro atoms. The van der Waals surface area contributed by atoms with Crippen molar-refractivity contribution in [2.45, 2.75) is 69.2 Å². The average Bonchev–Trinajstić information content (AvgIpc) is 2.61. The van der Waals surface area contributed by atoms with Crippen molar-refractivity contribution >= 4 is 0 Å². The molecule has 10 heteroatoms. The van der Waals surface area contributed by atoms with Crippen LogP contribution in [0.15, 0.2) is 0 Å². The molecule has 0 bridgehead atoms. The van der Waals surface area contributed by atoms with Gasteiger partial charge >= 0.3 is 0 Å². The topological polar surface area (TPSA) is 158 Å². The summed E-state index contributed by atoms with van der Waals surface area (Å²) >= 11 is 0. The van der Waals surface area contributed by atoms with Crippen molar-refractivity contribution in [1.82, 2.24) is 0 Å². The lowest BCUT2D eigenvalue weighted by molar-refractivity contribution is -0.355. The Morgan fingerprint density at radius 1 is 0.800 bits per heavy atom. The minimum atomic E-state index is -1.48. The van der Waals surface area contributed by atoms with Gasteiger partial charge in [0.15, 0.2) is 12.6 Å². The van der Waals surface area contributed by atoms with Crippen molar-refractivity contribution in [2.24, 2.45) is 5.92 Å². The van der Waals surface area contributed by atoms with Crippen LogP contribution in [-0.2, 0) is 18.9 Å². The van der Waals surface area contributed by atoms with E-state index in [2.05, 4.69) is 0 Å². The van der Waals surface area contributed by atoms with Gasteiger partial charge in [0.05, 0.1) is 25.4 Å². The van der Waals surface area contributed by atoms with Crippen molar-refractivity contribution in [3.8, 4) is 0 Å². The van der Waals surface area contributed by atoms with Crippen LogP contribution in [0.3, 0.4) is 0 Å². The van der Waals surface area contributed by atoms with Gasteiger partial charge in [-0.15, -0.1) is 0 Å². The molecular weight excluding hydrogens is 340 g/mol. The highest BCUT2D eigenvalue weighted by atomic mass is 16.7. The van der Waals surface area contributed by atoms with E-state index >= 15 is 0 Å². The zero-order valence-electron chi connectivity index (χ0n) is 14.2. The van der Waals surface area contributed by atoms with E-state index in [1.54, 1.807) is 13.8 Å². The first kappa shape index (κ1) is 20.9. The van der Waals surface area contributed by atoms with Crippen LogP contribution in [0.5, 0.6) is 0 Å². The number of hydrogen-bond acceptors (Lipinski definition) is 10. The minimum Gasteiger partial charge on any atom is -0.394 e. The molecule has 10 atom stereocenters. The largest absolute Gasteiger partial charge is 0.394 e. The van der Waals surface area contributed by atoms with Gasteiger partial charge in [0.25, 0.3) is 0 Å². The van der Waals surface area contributed by atoms with Gasteiger partial charge in [0, 0.05) is 12.5 Å². The maximum absolute atomic E-state index is 10.3. The van der Waals surface area contributed by atoms with Gasteiger partial charge in [0.2, 0.25) is 0 Å². The maximum atomic E-state index is 10.3. The second-order valence-corrected chi connectivity index (χ2v) is 6.33. The van der Waals surface area contributed by atoms with E-state index in [0.717, 1.165) is 0 Å². The summed E-state index contributed by atoms with van der Waals surface area (Å²) in [4.78, 5) is 0. The summed E-state index contributed by atoms with van der Waals surface area (Å²) in [6.07, 6.45) is -11.2. The monoisotopic (exact) mass is 368 g/mol. The molecule has 6 unspecified atom stereocenters. The SMILES string of the molecule is CCO[C@@H]1OC(CO)[C@@H](O[C@@H]2OC(CO)[C@@H](C)C(O)C2O)C(O)C1O. The van der Waals surface area contributed by atoms with E-state index in [0.29, 0.717) is 0 Å². The molecule has 0 aliphatic carbocycles. The molecular formula is C15H28O10. The fraction of sp³-hybridized carbons (Fsp3) is 1.00.